The van der Waals surface area contributed by atoms with E-state index in [4.69, 9.17) is 11.6 Å². The highest BCUT2D eigenvalue weighted by atomic mass is 79.9. The molecule has 0 saturated heterocycles. The van der Waals surface area contributed by atoms with Gasteiger partial charge in [-0.15, -0.1) is 23.4 Å². The van der Waals surface area contributed by atoms with Gasteiger partial charge in [-0.3, -0.25) is 4.79 Å². The zero-order valence-electron chi connectivity index (χ0n) is 8.43. The zero-order valence-corrected chi connectivity index (χ0v) is 11.6. The molecule has 0 N–H and O–H groups in total. The first-order valence-electron chi connectivity index (χ1n) is 4.55. The van der Waals surface area contributed by atoms with Gasteiger partial charge in [-0.25, -0.2) is 0 Å². The Morgan fingerprint density at radius 1 is 1.53 bits per heavy atom. The Hall–Kier alpha value is 0.01000. The largest absolute Gasteiger partial charge is 0.294 e. The van der Waals surface area contributed by atoms with Crippen LogP contribution in [-0.2, 0) is 5.88 Å². The summed E-state index contributed by atoms with van der Waals surface area (Å²) in [5.74, 6) is 0.608. The van der Waals surface area contributed by atoms with E-state index in [1.807, 2.05) is 24.5 Å². The molecule has 0 spiro atoms. The third kappa shape index (κ3) is 3.51. The second kappa shape index (κ2) is 6.56. The van der Waals surface area contributed by atoms with Crippen LogP contribution in [-0.4, -0.2) is 17.4 Å². The van der Waals surface area contributed by atoms with Crippen molar-refractivity contribution in [1.82, 2.24) is 0 Å². The number of halogens is 2. The lowest BCUT2D eigenvalue weighted by Crippen LogP contribution is -2.00. The van der Waals surface area contributed by atoms with E-state index in [0.29, 0.717) is 17.6 Å². The summed E-state index contributed by atoms with van der Waals surface area (Å²) in [6.07, 6.45) is 2.53. The van der Waals surface area contributed by atoms with Gasteiger partial charge in [0.15, 0.2) is 5.78 Å². The molecule has 0 aliphatic heterocycles. The van der Waals surface area contributed by atoms with Gasteiger partial charge in [0.1, 0.15) is 0 Å². The monoisotopic (exact) mass is 306 g/mol. The molecular formula is C11H12BrClOS. The summed E-state index contributed by atoms with van der Waals surface area (Å²) in [6.45, 7) is 0. The highest BCUT2D eigenvalue weighted by Gasteiger charge is 2.08. The number of Topliss-reactive ketones (excluding diaryl/α,β-unsaturated/α-hetero) is 1. The van der Waals surface area contributed by atoms with E-state index in [1.54, 1.807) is 11.8 Å². The lowest BCUT2D eigenvalue weighted by Gasteiger charge is -2.06. The van der Waals surface area contributed by atoms with Crippen LogP contribution in [0.15, 0.2) is 23.1 Å². The average Bonchev–Trinajstić information content (AvgIpc) is 2.28. The van der Waals surface area contributed by atoms with Gasteiger partial charge >= 0.3 is 0 Å². The van der Waals surface area contributed by atoms with Crippen LogP contribution in [0.3, 0.4) is 0 Å². The molecule has 0 heterocycles. The topological polar surface area (TPSA) is 17.1 Å². The lowest BCUT2D eigenvalue weighted by molar-refractivity contribution is 0.0989. The van der Waals surface area contributed by atoms with Gasteiger partial charge < -0.3 is 0 Å². The zero-order chi connectivity index (χ0) is 11.3. The van der Waals surface area contributed by atoms with Crippen LogP contribution in [0.2, 0.25) is 0 Å². The molecule has 1 aromatic carbocycles. The number of hydrogen-bond acceptors (Lipinski definition) is 2. The van der Waals surface area contributed by atoms with Crippen LogP contribution < -0.4 is 0 Å². The number of thioether (sulfide) groups is 1. The highest BCUT2D eigenvalue weighted by molar-refractivity contribution is 9.09. The summed E-state index contributed by atoms with van der Waals surface area (Å²) in [5.41, 5.74) is 1.78. The summed E-state index contributed by atoms with van der Waals surface area (Å²) < 4.78 is 0. The van der Waals surface area contributed by atoms with Crippen molar-refractivity contribution in [3.05, 3.63) is 29.3 Å². The van der Waals surface area contributed by atoms with E-state index in [-0.39, 0.29) is 5.78 Å². The van der Waals surface area contributed by atoms with Gasteiger partial charge in [0, 0.05) is 28.1 Å². The highest BCUT2D eigenvalue weighted by Crippen LogP contribution is 2.23. The minimum absolute atomic E-state index is 0.158. The maximum atomic E-state index is 11.6. The predicted octanol–water partition coefficient (Wildman–Crippen LogP) is 4.12. The van der Waals surface area contributed by atoms with Gasteiger partial charge in [0.25, 0.3) is 0 Å². The number of ketones is 1. The summed E-state index contributed by atoms with van der Waals surface area (Å²) in [7, 11) is 0. The number of hydrogen-bond donors (Lipinski definition) is 0. The quantitative estimate of drug-likeness (QED) is 0.462. The second-order valence-corrected chi connectivity index (χ2v) is 4.93. The van der Waals surface area contributed by atoms with Crippen molar-refractivity contribution >= 4 is 45.1 Å². The standard InChI is InChI=1S/C11H12BrClOS/c1-15-11-3-2-8(6-9(11)7-13)10(14)4-5-12/h2-3,6H,4-5,7H2,1H3. The van der Waals surface area contributed by atoms with E-state index in [1.165, 1.54) is 0 Å². The molecule has 0 fully saturated rings. The molecule has 4 heteroatoms. The normalized spacial score (nSPS) is 10.3. The molecule has 0 bridgehead atoms. The van der Waals surface area contributed by atoms with Gasteiger partial charge in [0.05, 0.1) is 0 Å². The van der Waals surface area contributed by atoms with Crippen LogP contribution in [0.25, 0.3) is 0 Å². The second-order valence-electron chi connectivity index (χ2n) is 3.02. The number of alkyl halides is 2. The van der Waals surface area contributed by atoms with Gasteiger partial charge in [-0.1, -0.05) is 22.0 Å². The summed E-state index contributed by atoms with van der Waals surface area (Å²) in [6, 6.07) is 5.72. The van der Waals surface area contributed by atoms with Gasteiger partial charge in [-0.05, 0) is 24.0 Å². The first-order chi connectivity index (χ1) is 7.22. The van der Waals surface area contributed by atoms with Crippen molar-refractivity contribution in [3.63, 3.8) is 0 Å². The molecule has 1 aromatic rings. The van der Waals surface area contributed by atoms with Crippen LogP contribution in [0.4, 0.5) is 0 Å². The number of benzene rings is 1. The number of carbonyl (C=O) groups excluding carboxylic acids is 1. The molecule has 0 radical (unpaired) electrons. The third-order valence-corrected chi connectivity index (χ3v) is 3.59. The van der Waals surface area contributed by atoms with Crippen LogP contribution in [0.1, 0.15) is 22.3 Å². The van der Waals surface area contributed by atoms with E-state index < -0.39 is 0 Å². The summed E-state index contributed by atoms with van der Waals surface area (Å²) in [5, 5.41) is 0.701. The van der Waals surface area contributed by atoms with Crippen molar-refractivity contribution in [2.75, 3.05) is 11.6 Å². The maximum absolute atomic E-state index is 11.6. The summed E-state index contributed by atoms with van der Waals surface area (Å²) >= 11 is 10.7. The third-order valence-electron chi connectivity index (χ3n) is 2.07. The molecule has 0 aromatic heterocycles. The van der Waals surface area contributed by atoms with E-state index in [2.05, 4.69) is 15.9 Å². The first-order valence-corrected chi connectivity index (χ1v) is 7.43. The fourth-order valence-electron chi connectivity index (χ4n) is 1.29. The molecule has 1 rings (SSSR count). The molecular weight excluding hydrogens is 296 g/mol. The molecule has 0 amide bonds. The molecule has 0 unspecified atom stereocenters. The minimum Gasteiger partial charge on any atom is -0.294 e. The van der Waals surface area contributed by atoms with Crippen molar-refractivity contribution < 1.29 is 4.79 Å². The van der Waals surface area contributed by atoms with Gasteiger partial charge in [0.2, 0.25) is 0 Å². The smallest absolute Gasteiger partial charge is 0.163 e. The Morgan fingerprint density at radius 2 is 2.27 bits per heavy atom. The molecule has 0 atom stereocenters. The van der Waals surface area contributed by atoms with E-state index in [0.717, 1.165) is 16.0 Å². The maximum Gasteiger partial charge on any atom is 0.163 e. The van der Waals surface area contributed by atoms with Crippen LogP contribution >= 0.6 is 39.3 Å². The lowest BCUT2D eigenvalue weighted by atomic mass is 10.1. The predicted molar refractivity (Wildman–Crippen MR) is 70.5 cm³/mol. The first kappa shape index (κ1) is 13.1. The Morgan fingerprint density at radius 3 is 2.80 bits per heavy atom. The Bertz CT molecular complexity index is 354. The number of carbonyl (C=O) groups is 1. The summed E-state index contributed by atoms with van der Waals surface area (Å²) in [4.78, 5) is 12.8. The van der Waals surface area contributed by atoms with Crippen molar-refractivity contribution in [1.29, 1.82) is 0 Å². The molecule has 0 aliphatic carbocycles. The average molecular weight is 308 g/mol. The number of rotatable bonds is 5. The van der Waals surface area contributed by atoms with Crippen LogP contribution in [0, 0.1) is 0 Å². The molecule has 82 valence electrons. The van der Waals surface area contributed by atoms with Crippen molar-refractivity contribution in [2.24, 2.45) is 0 Å². The molecule has 0 saturated carbocycles. The Balaban J connectivity index is 2.97. The van der Waals surface area contributed by atoms with Crippen LogP contribution in [0.5, 0.6) is 0 Å². The Labute approximate surface area is 108 Å². The fraction of sp³-hybridized carbons (Fsp3) is 0.364. The molecule has 0 aliphatic rings. The molecule has 1 nitrogen and oxygen atoms in total. The van der Waals surface area contributed by atoms with Crippen molar-refractivity contribution in [3.8, 4) is 0 Å². The SMILES string of the molecule is CSc1ccc(C(=O)CCBr)cc1CCl. The van der Waals surface area contributed by atoms with Crippen molar-refractivity contribution in [2.45, 2.75) is 17.2 Å². The van der Waals surface area contributed by atoms with E-state index in [9.17, 15) is 4.79 Å². The Kier molecular flexibility index (Phi) is 5.72. The van der Waals surface area contributed by atoms with E-state index >= 15 is 0 Å². The fourth-order valence-corrected chi connectivity index (χ4v) is 2.54. The minimum atomic E-state index is 0.158. The molecule has 15 heavy (non-hydrogen) atoms. The van der Waals surface area contributed by atoms with Gasteiger partial charge in [-0.2, -0.15) is 0 Å².